The number of nitrogens with one attached hydrogen (secondary N) is 2. The Balaban J connectivity index is 1.52. The maximum Gasteiger partial charge on any atom is 0.234 e. The van der Waals surface area contributed by atoms with E-state index in [0.29, 0.717) is 9.47 Å². The highest BCUT2D eigenvalue weighted by atomic mass is 32.2. The van der Waals surface area contributed by atoms with Gasteiger partial charge in [0.25, 0.3) is 0 Å². The molecule has 0 bridgehead atoms. The van der Waals surface area contributed by atoms with Gasteiger partial charge in [0.15, 0.2) is 4.34 Å². The van der Waals surface area contributed by atoms with Gasteiger partial charge in [0.2, 0.25) is 11.0 Å². The molecule has 0 fully saturated rings. The number of hydrogen-bond donors (Lipinski definition) is 2. The second-order valence-electron chi connectivity index (χ2n) is 4.68. The minimum atomic E-state index is -0.457. The number of benzene rings is 2. The molecule has 5 nitrogen and oxygen atoms in total. The number of anilines is 3. The molecule has 1 heterocycles. The first-order valence-corrected chi connectivity index (χ1v) is 8.84. The van der Waals surface area contributed by atoms with Gasteiger partial charge < -0.3 is 10.6 Å². The maximum atomic E-state index is 13.5. The second-order valence-corrected chi connectivity index (χ2v) is 6.88. The third kappa shape index (κ3) is 4.53. The van der Waals surface area contributed by atoms with E-state index in [0.717, 1.165) is 5.69 Å². The summed E-state index contributed by atoms with van der Waals surface area (Å²) in [4.78, 5) is 11.9. The van der Waals surface area contributed by atoms with Crippen LogP contribution >= 0.6 is 23.1 Å². The first-order chi connectivity index (χ1) is 11.7. The summed E-state index contributed by atoms with van der Waals surface area (Å²) in [5.74, 6) is -0.618. The molecule has 3 aromatic rings. The molecule has 0 atom stereocenters. The Labute approximate surface area is 146 Å². The zero-order chi connectivity index (χ0) is 16.8. The largest absolute Gasteiger partial charge is 0.330 e. The molecule has 0 aliphatic rings. The summed E-state index contributed by atoms with van der Waals surface area (Å²) in [6.07, 6.45) is 0. The fourth-order valence-electron chi connectivity index (χ4n) is 1.84. The molecule has 8 heteroatoms. The van der Waals surface area contributed by atoms with Gasteiger partial charge in [0, 0.05) is 5.69 Å². The van der Waals surface area contributed by atoms with Crippen molar-refractivity contribution in [2.24, 2.45) is 0 Å². The Bertz CT molecular complexity index is 826. The van der Waals surface area contributed by atoms with Gasteiger partial charge in [-0.05, 0) is 24.3 Å². The van der Waals surface area contributed by atoms with Gasteiger partial charge in [-0.2, -0.15) is 0 Å². The van der Waals surface area contributed by atoms with Crippen molar-refractivity contribution >= 4 is 45.5 Å². The zero-order valence-electron chi connectivity index (χ0n) is 12.4. The molecule has 2 aromatic carbocycles. The van der Waals surface area contributed by atoms with Crippen LogP contribution in [0.1, 0.15) is 0 Å². The molecular weight excluding hydrogens is 347 g/mol. The molecule has 0 saturated heterocycles. The lowest BCUT2D eigenvalue weighted by Crippen LogP contribution is -2.14. The van der Waals surface area contributed by atoms with E-state index in [-0.39, 0.29) is 17.3 Å². The Morgan fingerprint density at radius 1 is 1.08 bits per heavy atom. The quantitative estimate of drug-likeness (QED) is 0.647. The topological polar surface area (TPSA) is 66.9 Å². The summed E-state index contributed by atoms with van der Waals surface area (Å²) in [5, 5.41) is 14.4. The molecule has 1 amide bonds. The number of thioether (sulfide) groups is 1. The Morgan fingerprint density at radius 3 is 2.62 bits per heavy atom. The highest BCUT2D eigenvalue weighted by molar-refractivity contribution is 8.01. The molecule has 3 rings (SSSR count). The van der Waals surface area contributed by atoms with E-state index in [4.69, 9.17) is 0 Å². The molecule has 0 saturated carbocycles. The molecule has 0 aliphatic heterocycles. The number of nitrogens with zero attached hydrogens (tertiary/aromatic N) is 2. The van der Waals surface area contributed by atoms with E-state index in [1.807, 2.05) is 30.3 Å². The average molecular weight is 360 g/mol. The summed E-state index contributed by atoms with van der Waals surface area (Å²) in [7, 11) is 0. The monoisotopic (exact) mass is 360 g/mol. The van der Waals surface area contributed by atoms with Gasteiger partial charge in [0.05, 0.1) is 11.4 Å². The lowest BCUT2D eigenvalue weighted by molar-refractivity contribution is -0.113. The van der Waals surface area contributed by atoms with Crippen LogP contribution in [0.15, 0.2) is 58.9 Å². The van der Waals surface area contributed by atoms with Crippen molar-refractivity contribution in [2.75, 3.05) is 16.4 Å². The van der Waals surface area contributed by atoms with Crippen molar-refractivity contribution in [1.29, 1.82) is 0 Å². The van der Waals surface area contributed by atoms with Crippen LogP contribution in [0, 0.1) is 5.82 Å². The molecule has 0 aliphatic carbocycles. The van der Waals surface area contributed by atoms with Gasteiger partial charge >= 0.3 is 0 Å². The predicted molar refractivity (Wildman–Crippen MR) is 95.4 cm³/mol. The molecule has 122 valence electrons. The van der Waals surface area contributed by atoms with Crippen LogP contribution < -0.4 is 10.6 Å². The molecule has 24 heavy (non-hydrogen) atoms. The molecular formula is C16H13FN4OS2. The fourth-order valence-corrected chi connectivity index (χ4v) is 3.41. The highest BCUT2D eigenvalue weighted by Crippen LogP contribution is 2.27. The van der Waals surface area contributed by atoms with Crippen molar-refractivity contribution in [1.82, 2.24) is 10.2 Å². The summed E-state index contributed by atoms with van der Waals surface area (Å²) >= 11 is 2.61. The van der Waals surface area contributed by atoms with Gasteiger partial charge in [0.1, 0.15) is 5.82 Å². The van der Waals surface area contributed by atoms with E-state index < -0.39 is 5.82 Å². The number of hydrogen-bond acceptors (Lipinski definition) is 6. The normalized spacial score (nSPS) is 10.4. The number of carbonyl (C=O) groups is 1. The van der Waals surface area contributed by atoms with Crippen molar-refractivity contribution in [2.45, 2.75) is 4.34 Å². The number of carbonyl (C=O) groups excluding carboxylic acids is 1. The Hall–Kier alpha value is -2.45. The first-order valence-electron chi connectivity index (χ1n) is 7.03. The maximum absolute atomic E-state index is 13.5. The average Bonchev–Trinajstić information content (AvgIpc) is 3.03. The molecule has 1 aromatic heterocycles. The predicted octanol–water partition coefficient (Wildman–Crippen LogP) is 4.15. The summed E-state index contributed by atoms with van der Waals surface area (Å²) in [6.45, 7) is 0. The van der Waals surface area contributed by atoms with Crippen LogP contribution in [0.2, 0.25) is 0 Å². The molecule has 0 unspecified atom stereocenters. The standard InChI is InChI=1S/C16H13FN4OS2/c17-12-8-4-5-9-13(12)19-14(22)10-23-16-21-20-15(24-16)18-11-6-2-1-3-7-11/h1-9H,10H2,(H,18,20)(H,19,22). The Kier molecular flexibility index (Phi) is 5.39. The van der Waals surface area contributed by atoms with Crippen LogP contribution in [-0.2, 0) is 4.79 Å². The van der Waals surface area contributed by atoms with Gasteiger partial charge in [-0.25, -0.2) is 4.39 Å². The van der Waals surface area contributed by atoms with Gasteiger partial charge in [-0.3, -0.25) is 4.79 Å². The van der Waals surface area contributed by atoms with E-state index in [9.17, 15) is 9.18 Å². The molecule has 0 spiro atoms. The van der Waals surface area contributed by atoms with Crippen molar-refractivity contribution in [3.05, 3.63) is 60.4 Å². The molecule has 2 N–H and O–H groups in total. The minimum Gasteiger partial charge on any atom is -0.330 e. The van der Waals surface area contributed by atoms with Crippen LogP contribution in [0.25, 0.3) is 0 Å². The summed E-state index contributed by atoms with van der Waals surface area (Å²) in [6, 6.07) is 15.7. The molecule has 0 radical (unpaired) electrons. The van der Waals surface area contributed by atoms with Crippen molar-refractivity contribution in [3.63, 3.8) is 0 Å². The lowest BCUT2D eigenvalue weighted by atomic mass is 10.3. The smallest absolute Gasteiger partial charge is 0.234 e. The van der Waals surface area contributed by atoms with E-state index in [1.54, 1.807) is 12.1 Å². The first kappa shape index (κ1) is 16.4. The number of para-hydroxylation sites is 2. The third-order valence-corrected chi connectivity index (χ3v) is 4.88. The number of halogens is 1. The Morgan fingerprint density at radius 2 is 1.83 bits per heavy atom. The van der Waals surface area contributed by atoms with Crippen LogP contribution in [0.5, 0.6) is 0 Å². The van der Waals surface area contributed by atoms with Crippen LogP contribution in [0.3, 0.4) is 0 Å². The lowest BCUT2D eigenvalue weighted by Gasteiger charge is -2.04. The van der Waals surface area contributed by atoms with Gasteiger partial charge in [-0.1, -0.05) is 53.4 Å². The van der Waals surface area contributed by atoms with Crippen molar-refractivity contribution in [3.8, 4) is 0 Å². The minimum absolute atomic E-state index is 0.133. The summed E-state index contributed by atoms with van der Waals surface area (Å²) in [5.41, 5.74) is 1.09. The SMILES string of the molecule is O=C(CSc1nnc(Nc2ccccc2)s1)Nc1ccccc1F. The van der Waals surface area contributed by atoms with E-state index in [2.05, 4.69) is 20.8 Å². The van der Waals surface area contributed by atoms with Crippen molar-refractivity contribution < 1.29 is 9.18 Å². The fraction of sp³-hybridized carbons (Fsp3) is 0.0625. The number of rotatable bonds is 6. The van der Waals surface area contributed by atoms with Crippen LogP contribution in [0.4, 0.5) is 20.9 Å². The van der Waals surface area contributed by atoms with Crippen LogP contribution in [-0.4, -0.2) is 21.9 Å². The highest BCUT2D eigenvalue weighted by Gasteiger charge is 2.10. The van der Waals surface area contributed by atoms with Gasteiger partial charge in [-0.15, -0.1) is 10.2 Å². The van der Waals surface area contributed by atoms with E-state index in [1.165, 1.54) is 35.2 Å². The zero-order valence-corrected chi connectivity index (χ0v) is 14.0. The van der Waals surface area contributed by atoms with E-state index >= 15 is 0 Å². The number of aromatic nitrogens is 2. The third-order valence-electron chi connectivity index (χ3n) is 2.91. The second kappa shape index (κ2) is 7.89. The summed E-state index contributed by atoms with van der Waals surface area (Å²) < 4.78 is 14.1. The number of amides is 1.